The Bertz CT molecular complexity index is 595. The van der Waals surface area contributed by atoms with Gasteiger partial charge in [-0.25, -0.2) is 0 Å². The lowest BCUT2D eigenvalue weighted by atomic mass is 10.0. The molecule has 0 bridgehead atoms. The lowest BCUT2D eigenvalue weighted by molar-refractivity contribution is 0.185. The first-order valence-corrected chi connectivity index (χ1v) is 6.19. The molecule has 3 N–H and O–H groups in total. The second-order valence-corrected chi connectivity index (χ2v) is 4.66. The molecule has 1 aromatic heterocycles. The van der Waals surface area contributed by atoms with Crippen molar-refractivity contribution in [2.75, 3.05) is 19.4 Å². The monoisotopic (exact) mass is 243 g/mol. The Labute approximate surface area is 106 Å². The van der Waals surface area contributed by atoms with Crippen molar-refractivity contribution in [1.82, 2.24) is 10.3 Å². The lowest BCUT2D eigenvalue weighted by Gasteiger charge is -2.19. The fraction of sp³-hybridized carbons (Fsp3) is 0.357. The number of nitrogens with two attached hydrogens (primary N) is 1. The Morgan fingerprint density at radius 3 is 3.17 bits per heavy atom. The quantitative estimate of drug-likeness (QED) is 0.841. The van der Waals surface area contributed by atoms with E-state index in [4.69, 9.17) is 15.5 Å². The van der Waals surface area contributed by atoms with Gasteiger partial charge in [0.2, 0.25) is 0 Å². The molecule has 1 aromatic carbocycles. The van der Waals surface area contributed by atoms with Gasteiger partial charge < -0.3 is 15.8 Å². The van der Waals surface area contributed by atoms with Crippen LogP contribution in [-0.2, 0) is 24.3 Å². The van der Waals surface area contributed by atoms with Gasteiger partial charge in [-0.1, -0.05) is 6.07 Å². The summed E-state index contributed by atoms with van der Waals surface area (Å²) >= 11 is 0. The predicted molar refractivity (Wildman–Crippen MR) is 72.3 cm³/mol. The van der Waals surface area contributed by atoms with E-state index in [1.165, 1.54) is 0 Å². The van der Waals surface area contributed by atoms with Crippen molar-refractivity contribution >= 4 is 16.6 Å². The van der Waals surface area contributed by atoms with Gasteiger partial charge in [-0.15, -0.1) is 0 Å². The van der Waals surface area contributed by atoms with E-state index in [2.05, 4.69) is 11.4 Å². The zero-order chi connectivity index (χ0) is 12.5. The maximum atomic E-state index is 6.28. The third-order valence-corrected chi connectivity index (χ3v) is 3.43. The summed E-state index contributed by atoms with van der Waals surface area (Å²) in [5.41, 5.74) is 11.5. The normalized spacial score (nSPS) is 14.7. The van der Waals surface area contributed by atoms with E-state index in [9.17, 15) is 0 Å². The van der Waals surface area contributed by atoms with Gasteiger partial charge >= 0.3 is 0 Å². The van der Waals surface area contributed by atoms with Gasteiger partial charge in [0.05, 0.1) is 12.1 Å². The molecule has 4 nitrogen and oxygen atoms in total. The minimum absolute atomic E-state index is 0.602. The molecule has 1 aliphatic rings. The highest BCUT2D eigenvalue weighted by molar-refractivity contribution is 5.92. The second-order valence-electron chi connectivity index (χ2n) is 4.66. The van der Waals surface area contributed by atoms with Crippen molar-refractivity contribution in [3.05, 3.63) is 35.0 Å². The summed E-state index contributed by atoms with van der Waals surface area (Å²) in [6.07, 6.45) is 0.954. The van der Waals surface area contributed by atoms with E-state index in [1.807, 2.05) is 12.1 Å². The number of fused-ring (bicyclic) bond motifs is 2. The van der Waals surface area contributed by atoms with Crippen LogP contribution in [-0.4, -0.2) is 18.6 Å². The zero-order valence-corrected chi connectivity index (χ0v) is 10.5. The van der Waals surface area contributed by atoms with Gasteiger partial charge in [0.15, 0.2) is 0 Å². The number of nitrogen functional groups attached to an aromatic ring is 1. The van der Waals surface area contributed by atoms with Crippen LogP contribution < -0.4 is 11.1 Å². The summed E-state index contributed by atoms with van der Waals surface area (Å²) in [6, 6.07) is 6.16. The highest BCUT2D eigenvalue weighted by Crippen LogP contribution is 2.28. The Hall–Kier alpha value is -1.65. The third kappa shape index (κ3) is 1.83. The number of pyridine rings is 1. The fourth-order valence-corrected chi connectivity index (χ4v) is 2.51. The number of hydrogen-bond donors (Lipinski definition) is 2. The Morgan fingerprint density at radius 2 is 2.33 bits per heavy atom. The van der Waals surface area contributed by atoms with Gasteiger partial charge in [0.25, 0.3) is 0 Å². The maximum absolute atomic E-state index is 6.28. The van der Waals surface area contributed by atoms with Crippen LogP contribution in [0.2, 0.25) is 0 Å². The molecule has 1 aliphatic heterocycles. The first kappa shape index (κ1) is 11.4. The number of anilines is 1. The highest BCUT2D eigenvalue weighted by Gasteiger charge is 2.16. The first-order valence-electron chi connectivity index (χ1n) is 6.19. The molecule has 0 amide bonds. The molecule has 0 saturated heterocycles. The number of ether oxygens (including phenoxy) is 1. The Kier molecular flexibility index (Phi) is 2.89. The number of hydrogen-bond acceptors (Lipinski definition) is 4. The molecule has 2 heterocycles. The van der Waals surface area contributed by atoms with Gasteiger partial charge in [-0.3, -0.25) is 4.98 Å². The Balaban J connectivity index is 2.19. The van der Waals surface area contributed by atoms with E-state index in [0.29, 0.717) is 6.61 Å². The van der Waals surface area contributed by atoms with Crippen LogP contribution in [0.25, 0.3) is 10.9 Å². The number of benzene rings is 1. The summed E-state index contributed by atoms with van der Waals surface area (Å²) in [5, 5.41) is 4.38. The summed E-state index contributed by atoms with van der Waals surface area (Å²) < 4.78 is 5.16. The van der Waals surface area contributed by atoms with Crippen molar-refractivity contribution in [3.8, 4) is 0 Å². The number of rotatable bonds is 2. The van der Waals surface area contributed by atoms with Crippen LogP contribution in [0.1, 0.15) is 16.8 Å². The molecule has 3 rings (SSSR count). The van der Waals surface area contributed by atoms with Crippen LogP contribution in [0.4, 0.5) is 5.69 Å². The molecule has 94 valence electrons. The smallest absolute Gasteiger partial charge is 0.0726 e. The predicted octanol–water partition coefficient (Wildman–Crippen LogP) is 1.61. The van der Waals surface area contributed by atoms with Crippen molar-refractivity contribution in [3.63, 3.8) is 0 Å². The van der Waals surface area contributed by atoms with Crippen molar-refractivity contribution < 1.29 is 4.74 Å². The van der Waals surface area contributed by atoms with E-state index in [-0.39, 0.29) is 0 Å². The van der Waals surface area contributed by atoms with E-state index in [1.54, 1.807) is 7.11 Å². The van der Waals surface area contributed by atoms with E-state index in [0.717, 1.165) is 52.9 Å². The topological polar surface area (TPSA) is 60.2 Å². The van der Waals surface area contributed by atoms with Gasteiger partial charge in [-0.05, 0) is 17.7 Å². The minimum Gasteiger partial charge on any atom is -0.398 e. The molecular weight excluding hydrogens is 226 g/mol. The first-order chi connectivity index (χ1) is 8.79. The molecule has 18 heavy (non-hydrogen) atoms. The summed E-state index contributed by atoms with van der Waals surface area (Å²) in [7, 11) is 1.70. The minimum atomic E-state index is 0.602. The molecule has 0 atom stereocenters. The fourth-order valence-electron chi connectivity index (χ4n) is 2.51. The SMILES string of the molecule is COCc1ccc2nc3c(c(N)c2c1)CNCC3. The van der Waals surface area contributed by atoms with Crippen LogP contribution >= 0.6 is 0 Å². The summed E-state index contributed by atoms with van der Waals surface area (Å²) in [4.78, 5) is 4.72. The molecule has 0 saturated carbocycles. The molecular formula is C14H17N3O. The highest BCUT2D eigenvalue weighted by atomic mass is 16.5. The summed E-state index contributed by atoms with van der Waals surface area (Å²) in [6.45, 7) is 2.40. The number of methoxy groups -OCH3 is 1. The third-order valence-electron chi connectivity index (χ3n) is 3.43. The van der Waals surface area contributed by atoms with Crippen LogP contribution in [0.15, 0.2) is 18.2 Å². The van der Waals surface area contributed by atoms with Gasteiger partial charge in [0, 0.05) is 49.0 Å². The van der Waals surface area contributed by atoms with Crippen LogP contribution in [0.5, 0.6) is 0 Å². The number of aromatic nitrogens is 1. The van der Waals surface area contributed by atoms with Crippen molar-refractivity contribution in [1.29, 1.82) is 0 Å². The van der Waals surface area contributed by atoms with Crippen molar-refractivity contribution in [2.45, 2.75) is 19.6 Å². The van der Waals surface area contributed by atoms with Crippen molar-refractivity contribution in [2.24, 2.45) is 0 Å². The van der Waals surface area contributed by atoms with E-state index >= 15 is 0 Å². The molecule has 0 aliphatic carbocycles. The molecule has 0 radical (unpaired) electrons. The van der Waals surface area contributed by atoms with Gasteiger partial charge in [-0.2, -0.15) is 0 Å². The molecule has 4 heteroatoms. The van der Waals surface area contributed by atoms with Crippen LogP contribution in [0, 0.1) is 0 Å². The zero-order valence-electron chi connectivity index (χ0n) is 10.5. The maximum Gasteiger partial charge on any atom is 0.0726 e. The number of nitrogens with one attached hydrogen (secondary N) is 1. The largest absolute Gasteiger partial charge is 0.398 e. The van der Waals surface area contributed by atoms with Gasteiger partial charge in [0.1, 0.15) is 0 Å². The average Bonchev–Trinajstić information content (AvgIpc) is 2.40. The Morgan fingerprint density at radius 1 is 1.44 bits per heavy atom. The summed E-state index contributed by atoms with van der Waals surface area (Å²) in [5.74, 6) is 0. The molecule has 0 unspecified atom stereocenters. The second kappa shape index (κ2) is 4.55. The van der Waals surface area contributed by atoms with Crippen LogP contribution in [0.3, 0.4) is 0 Å². The average molecular weight is 243 g/mol. The standard InChI is InChI=1S/C14H17N3O/c1-18-8-9-2-3-12-10(6-9)14(15)11-7-16-5-4-13(11)17-12/h2-3,6,16H,4-5,7-8H2,1H3,(H2,15,17). The lowest BCUT2D eigenvalue weighted by Crippen LogP contribution is -2.25. The van der Waals surface area contributed by atoms with E-state index < -0.39 is 0 Å². The number of nitrogens with zero attached hydrogens (tertiary/aromatic N) is 1. The molecule has 2 aromatic rings. The molecule has 0 fully saturated rings. The molecule has 0 spiro atoms.